The van der Waals surface area contributed by atoms with Gasteiger partial charge in [-0.25, -0.2) is 0 Å². The number of ether oxygens (including phenoxy) is 3. The highest BCUT2D eigenvalue weighted by Gasteiger charge is 2.47. The van der Waals surface area contributed by atoms with Crippen molar-refractivity contribution in [3.8, 4) is 17.2 Å². The van der Waals surface area contributed by atoms with Crippen molar-refractivity contribution in [1.82, 2.24) is 0 Å². The van der Waals surface area contributed by atoms with Crippen LogP contribution in [0.2, 0.25) is 0 Å². The van der Waals surface area contributed by atoms with E-state index in [1.807, 2.05) is 0 Å². The fourth-order valence-corrected chi connectivity index (χ4v) is 3.31. The van der Waals surface area contributed by atoms with E-state index in [-0.39, 0.29) is 24.5 Å². The minimum atomic E-state index is -1.57. The van der Waals surface area contributed by atoms with E-state index in [1.165, 1.54) is 30.3 Å². The highest BCUT2D eigenvalue weighted by atomic mass is 16.7. The Labute approximate surface area is 183 Å². The van der Waals surface area contributed by atoms with Crippen LogP contribution in [0.15, 0.2) is 42.5 Å². The van der Waals surface area contributed by atoms with Crippen LogP contribution in [0.25, 0.3) is 0 Å². The number of carbonyl (C=O) groups is 1. The Morgan fingerprint density at radius 1 is 0.938 bits per heavy atom. The fraction of sp³-hybridized carbons (Fsp3) is 0.409. The smallest absolute Gasteiger partial charge is 0.310 e. The highest BCUT2D eigenvalue weighted by Crippen LogP contribution is 2.27. The Kier molecular flexibility index (Phi) is 7.89. The van der Waals surface area contributed by atoms with E-state index in [0.29, 0.717) is 12.0 Å². The molecule has 10 heteroatoms. The van der Waals surface area contributed by atoms with Gasteiger partial charge in [-0.15, -0.1) is 0 Å². The predicted octanol–water partition coefficient (Wildman–Crippen LogP) is -0.0440. The molecule has 0 aliphatic carbocycles. The summed E-state index contributed by atoms with van der Waals surface area (Å²) in [4.78, 5) is 12.4. The van der Waals surface area contributed by atoms with Gasteiger partial charge >= 0.3 is 5.97 Å². The van der Waals surface area contributed by atoms with Crippen molar-refractivity contribution in [2.24, 2.45) is 0 Å². The van der Waals surface area contributed by atoms with Gasteiger partial charge in [0.2, 0.25) is 0 Å². The molecule has 2 aromatic carbocycles. The van der Waals surface area contributed by atoms with Crippen molar-refractivity contribution in [2.75, 3.05) is 13.2 Å². The van der Waals surface area contributed by atoms with Crippen LogP contribution < -0.4 is 0 Å². The van der Waals surface area contributed by atoms with Gasteiger partial charge in [-0.2, -0.15) is 0 Å². The van der Waals surface area contributed by atoms with Crippen molar-refractivity contribution in [1.29, 1.82) is 0 Å². The molecule has 1 saturated heterocycles. The van der Waals surface area contributed by atoms with Gasteiger partial charge in [-0.1, -0.05) is 18.2 Å². The molecule has 0 aromatic heterocycles. The first-order valence-corrected chi connectivity index (χ1v) is 10.0. The molecule has 0 spiro atoms. The molecule has 5 atom stereocenters. The van der Waals surface area contributed by atoms with Gasteiger partial charge in [0.15, 0.2) is 23.9 Å². The zero-order valence-electron chi connectivity index (χ0n) is 17.1. The van der Waals surface area contributed by atoms with Crippen LogP contribution in [-0.4, -0.2) is 80.5 Å². The van der Waals surface area contributed by atoms with Gasteiger partial charge in [0.05, 0.1) is 19.6 Å². The quantitative estimate of drug-likeness (QED) is 0.237. The van der Waals surface area contributed by atoms with E-state index in [0.717, 1.165) is 5.56 Å². The molecule has 6 N–H and O–H groups in total. The maximum atomic E-state index is 12.4. The number of benzene rings is 2. The van der Waals surface area contributed by atoms with Crippen molar-refractivity contribution in [2.45, 2.75) is 43.5 Å². The molecule has 2 aromatic rings. The molecular weight excluding hydrogens is 424 g/mol. The molecule has 1 fully saturated rings. The van der Waals surface area contributed by atoms with E-state index in [4.69, 9.17) is 14.2 Å². The number of aliphatic hydroxyl groups excluding tert-OH is 3. The molecule has 1 aliphatic heterocycles. The molecule has 10 nitrogen and oxygen atoms in total. The lowest BCUT2D eigenvalue weighted by atomic mass is 9.99. The molecular formula is C22H26O10. The zero-order valence-corrected chi connectivity index (χ0v) is 17.1. The molecule has 0 saturated carbocycles. The third-order valence-corrected chi connectivity index (χ3v) is 5.09. The van der Waals surface area contributed by atoms with E-state index >= 15 is 0 Å². The summed E-state index contributed by atoms with van der Waals surface area (Å²) in [5.41, 5.74) is 1.22. The molecule has 174 valence electrons. The van der Waals surface area contributed by atoms with Gasteiger partial charge in [0.1, 0.15) is 24.1 Å². The second kappa shape index (κ2) is 10.6. The Morgan fingerprint density at radius 3 is 2.28 bits per heavy atom. The molecule has 0 radical (unpaired) electrons. The summed E-state index contributed by atoms with van der Waals surface area (Å²) < 4.78 is 16.5. The lowest BCUT2D eigenvalue weighted by Gasteiger charge is -2.41. The maximum Gasteiger partial charge on any atom is 0.310 e. The van der Waals surface area contributed by atoms with Crippen LogP contribution in [0.5, 0.6) is 17.2 Å². The van der Waals surface area contributed by atoms with Crippen LogP contribution in [0.1, 0.15) is 11.1 Å². The van der Waals surface area contributed by atoms with Crippen LogP contribution in [0.3, 0.4) is 0 Å². The number of hydrogen-bond acceptors (Lipinski definition) is 10. The van der Waals surface area contributed by atoms with Crippen LogP contribution in [0, 0.1) is 0 Å². The van der Waals surface area contributed by atoms with E-state index in [2.05, 4.69) is 0 Å². The van der Waals surface area contributed by atoms with Gasteiger partial charge in [0, 0.05) is 0 Å². The van der Waals surface area contributed by atoms with Crippen molar-refractivity contribution in [3.63, 3.8) is 0 Å². The SMILES string of the molecule is O=C(Cc1ccc(O)c(O)c1)O[C@H]1[C@H](OCCc2ccc(O)cc2)O[C@H](CO)[C@@H](O)[C@@H]1O. The second-order valence-electron chi connectivity index (χ2n) is 7.45. The summed E-state index contributed by atoms with van der Waals surface area (Å²) in [6, 6.07) is 10.3. The number of aliphatic hydroxyl groups is 3. The summed E-state index contributed by atoms with van der Waals surface area (Å²) >= 11 is 0. The number of carbonyl (C=O) groups excluding carboxylic acids is 1. The summed E-state index contributed by atoms with van der Waals surface area (Å²) in [6.45, 7) is -0.472. The van der Waals surface area contributed by atoms with Crippen LogP contribution in [0.4, 0.5) is 0 Å². The first kappa shape index (κ1) is 23.8. The molecule has 0 bridgehead atoms. The standard InChI is InChI=1S/C22H26O10/c23-11-17-19(28)20(29)21(32-18(27)10-13-3-6-15(25)16(26)9-13)22(31-17)30-8-7-12-1-4-14(24)5-2-12/h1-6,9,17,19-26,28-29H,7-8,10-11H2/t17-,19-,20+,21-,22-/m1/s1. The largest absolute Gasteiger partial charge is 0.508 e. The second-order valence-corrected chi connectivity index (χ2v) is 7.45. The number of esters is 1. The molecule has 0 unspecified atom stereocenters. The van der Waals surface area contributed by atoms with Crippen LogP contribution in [-0.2, 0) is 31.8 Å². The highest BCUT2D eigenvalue weighted by molar-refractivity contribution is 5.73. The maximum absolute atomic E-state index is 12.4. The Morgan fingerprint density at radius 2 is 1.62 bits per heavy atom. The minimum Gasteiger partial charge on any atom is -0.508 e. The van der Waals surface area contributed by atoms with Crippen LogP contribution >= 0.6 is 0 Å². The predicted molar refractivity (Wildman–Crippen MR) is 109 cm³/mol. The molecule has 1 heterocycles. The first-order valence-electron chi connectivity index (χ1n) is 10.0. The van der Waals surface area contributed by atoms with E-state index < -0.39 is 49.0 Å². The number of rotatable bonds is 8. The van der Waals surface area contributed by atoms with Gasteiger partial charge in [-0.05, 0) is 41.8 Å². The number of phenols is 3. The Bertz CT molecular complexity index is 900. The van der Waals surface area contributed by atoms with E-state index in [1.54, 1.807) is 12.1 Å². The summed E-state index contributed by atoms with van der Waals surface area (Å²) in [5, 5.41) is 58.3. The third kappa shape index (κ3) is 5.87. The Balaban J connectivity index is 1.65. The Hall–Kier alpha value is -2.89. The van der Waals surface area contributed by atoms with Crippen molar-refractivity contribution < 1.29 is 49.6 Å². The average molecular weight is 450 g/mol. The topological polar surface area (TPSA) is 166 Å². The fourth-order valence-electron chi connectivity index (χ4n) is 3.31. The van der Waals surface area contributed by atoms with Gasteiger partial charge < -0.3 is 44.8 Å². The zero-order chi connectivity index (χ0) is 23.3. The number of phenolic OH excluding ortho intramolecular Hbond substituents is 3. The first-order chi connectivity index (χ1) is 15.3. The number of hydrogen-bond donors (Lipinski definition) is 6. The summed E-state index contributed by atoms with van der Waals surface area (Å²) in [5.74, 6) is -1.39. The van der Waals surface area contributed by atoms with Gasteiger partial charge in [-0.3, -0.25) is 4.79 Å². The van der Waals surface area contributed by atoms with Gasteiger partial charge in [0.25, 0.3) is 0 Å². The number of aromatic hydroxyl groups is 3. The van der Waals surface area contributed by atoms with Crippen molar-refractivity contribution in [3.05, 3.63) is 53.6 Å². The summed E-state index contributed by atoms with van der Waals surface area (Å²) in [6.07, 6.45) is -6.69. The van der Waals surface area contributed by atoms with E-state index in [9.17, 15) is 35.4 Å². The molecule has 3 rings (SSSR count). The molecule has 0 amide bonds. The average Bonchev–Trinajstić information content (AvgIpc) is 2.77. The molecule has 1 aliphatic rings. The lowest BCUT2D eigenvalue weighted by molar-refractivity contribution is -0.304. The van der Waals surface area contributed by atoms with Crippen molar-refractivity contribution >= 4 is 5.97 Å². The summed E-state index contributed by atoms with van der Waals surface area (Å²) in [7, 11) is 0. The molecule has 32 heavy (non-hydrogen) atoms. The normalized spacial score (nSPS) is 25.4. The monoisotopic (exact) mass is 450 g/mol. The third-order valence-electron chi connectivity index (χ3n) is 5.09. The minimum absolute atomic E-state index is 0.107. The lowest BCUT2D eigenvalue weighted by Crippen LogP contribution is -2.60.